The van der Waals surface area contributed by atoms with Crippen LogP contribution in [0.1, 0.15) is 17.1 Å². The number of nitrogens with zero attached hydrogens (tertiary/aromatic N) is 4. The third-order valence-electron chi connectivity index (χ3n) is 3.51. The van der Waals surface area contributed by atoms with Gasteiger partial charge in [0.1, 0.15) is 11.6 Å². The molecule has 0 atom stereocenters. The van der Waals surface area contributed by atoms with Crippen molar-refractivity contribution < 1.29 is 4.42 Å². The number of nitrogens with one attached hydrogen (secondary N) is 1. The molecular weight excluding hydrogens is 304 g/mol. The molecule has 2 heterocycles. The minimum Gasteiger partial charge on any atom is -0.468 e. The molecule has 0 aliphatic heterocycles. The van der Waals surface area contributed by atoms with Crippen molar-refractivity contribution in [3.8, 4) is 0 Å². The standard InChI is InChI=1S/C17H20N6O/c1-12-6-3-4-8-14(12)19-17-21-15(20-16(18)22-17)11-23(2)10-13-7-5-9-24-13/h3-9H,10-11H2,1-2H3,(H3,18,19,20,21,22). The van der Waals surface area contributed by atoms with Gasteiger partial charge in [0.05, 0.1) is 19.4 Å². The first kappa shape index (κ1) is 15.9. The Bertz CT molecular complexity index is 803. The van der Waals surface area contributed by atoms with Crippen LogP contribution in [-0.4, -0.2) is 26.9 Å². The number of aryl methyl sites for hydroxylation is 1. The molecule has 2 aromatic heterocycles. The fourth-order valence-electron chi connectivity index (χ4n) is 2.36. The summed E-state index contributed by atoms with van der Waals surface area (Å²) in [6.07, 6.45) is 1.66. The second-order valence-electron chi connectivity index (χ2n) is 5.63. The Labute approximate surface area is 140 Å². The predicted octanol–water partition coefficient (Wildman–Crippen LogP) is 2.73. The van der Waals surface area contributed by atoms with E-state index in [-0.39, 0.29) is 5.95 Å². The number of hydrogen-bond donors (Lipinski definition) is 2. The van der Waals surface area contributed by atoms with Gasteiger partial charge in [-0.05, 0) is 37.7 Å². The minimum absolute atomic E-state index is 0.197. The summed E-state index contributed by atoms with van der Waals surface area (Å²) in [6, 6.07) is 11.7. The molecule has 3 aromatic rings. The summed E-state index contributed by atoms with van der Waals surface area (Å²) in [4.78, 5) is 14.9. The van der Waals surface area contributed by atoms with Gasteiger partial charge in [0.2, 0.25) is 11.9 Å². The first-order valence-electron chi connectivity index (χ1n) is 7.64. The Hall–Kier alpha value is -2.93. The summed E-state index contributed by atoms with van der Waals surface area (Å²) in [5.74, 6) is 2.13. The van der Waals surface area contributed by atoms with E-state index in [1.807, 2.05) is 55.3 Å². The number of aromatic nitrogens is 3. The zero-order valence-corrected chi connectivity index (χ0v) is 13.7. The van der Waals surface area contributed by atoms with Gasteiger partial charge < -0.3 is 15.5 Å². The lowest BCUT2D eigenvalue weighted by molar-refractivity contribution is 0.281. The molecular formula is C17H20N6O. The van der Waals surface area contributed by atoms with Crippen molar-refractivity contribution in [3.05, 3.63) is 59.8 Å². The van der Waals surface area contributed by atoms with Gasteiger partial charge in [-0.3, -0.25) is 4.90 Å². The van der Waals surface area contributed by atoms with Crippen LogP contribution in [0, 0.1) is 6.92 Å². The van der Waals surface area contributed by atoms with Crippen LogP contribution >= 0.6 is 0 Å². The highest BCUT2D eigenvalue weighted by molar-refractivity contribution is 5.58. The zero-order valence-electron chi connectivity index (χ0n) is 13.7. The Morgan fingerprint density at radius 2 is 1.92 bits per heavy atom. The average Bonchev–Trinajstić information content (AvgIpc) is 3.01. The SMILES string of the molecule is Cc1ccccc1Nc1nc(N)nc(CN(C)Cc2ccco2)n1. The van der Waals surface area contributed by atoms with Gasteiger partial charge in [0.25, 0.3) is 0 Å². The highest BCUT2D eigenvalue weighted by atomic mass is 16.3. The van der Waals surface area contributed by atoms with E-state index in [1.165, 1.54) is 0 Å². The van der Waals surface area contributed by atoms with Gasteiger partial charge in [-0.1, -0.05) is 18.2 Å². The number of para-hydroxylation sites is 1. The number of furan rings is 1. The zero-order chi connectivity index (χ0) is 16.9. The molecule has 0 saturated heterocycles. The molecule has 3 N–H and O–H groups in total. The number of anilines is 3. The van der Waals surface area contributed by atoms with Gasteiger partial charge in [0.15, 0.2) is 0 Å². The van der Waals surface area contributed by atoms with Crippen molar-refractivity contribution in [3.63, 3.8) is 0 Å². The van der Waals surface area contributed by atoms with E-state index in [0.29, 0.717) is 24.9 Å². The fraction of sp³-hybridized carbons (Fsp3) is 0.235. The maximum absolute atomic E-state index is 5.82. The topological polar surface area (TPSA) is 93.1 Å². The van der Waals surface area contributed by atoms with Crippen LogP contribution in [0.15, 0.2) is 47.1 Å². The Balaban J connectivity index is 1.72. The summed E-state index contributed by atoms with van der Waals surface area (Å²) in [6.45, 7) is 3.22. The number of hydrogen-bond acceptors (Lipinski definition) is 7. The third-order valence-corrected chi connectivity index (χ3v) is 3.51. The molecule has 124 valence electrons. The van der Waals surface area contributed by atoms with Crippen LogP contribution in [0.25, 0.3) is 0 Å². The van der Waals surface area contributed by atoms with Crippen molar-refractivity contribution in [2.45, 2.75) is 20.0 Å². The largest absolute Gasteiger partial charge is 0.468 e. The first-order valence-corrected chi connectivity index (χ1v) is 7.64. The van der Waals surface area contributed by atoms with E-state index >= 15 is 0 Å². The predicted molar refractivity (Wildman–Crippen MR) is 92.6 cm³/mol. The molecule has 3 rings (SSSR count). The van der Waals surface area contributed by atoms with Crippen LogP contribution in [-0.2, 0) is 13.1 Å². The van der Waals surface area contributed by atoms with E-state index in [0.717, 1.165) is 17.0 Å². The molecule has 0 aliphatic carbocycles. The number of nitrogens with two attached hydrogens (primary N) is 1. The molecule has 0 bridgehead atoms. The van der Waals surface area contributed by atoms with E-state index in [9.17, 15) is 0 Å². The second-order valence-corrected chi connectivity index (χ2v) is 5.63. The molecule has 0 spiro atoms. The smallest absolute Gasteiger partial charge is 0.232 e. The summed E-state index contributed by atoms with van der Waals surface area (Å²) in [7, 11) is 1.97. The van der Waals surface area contributed by atoms with Crippen LogP contribution in [0.5, 0.6) is 0 Å². The highest BCUT2D eigenvalue weighted by Gasteiger charge is 2.10. The third kappa shape index (κ3) is 4.08. The summed E-state index contributed by atoms with van der Waals surface area (Å²) in [5.41, 5.74) is 7.87. The molecule has 0 aliphatic rings. The lowest BCUT2D eigenvalue weighted by Crippen LogP contribution is -2.20. The quantitative estimate of drug-likeness (QED) is 0.720. The normalized spacial score (nSPS) is 11.0. The van der Waals surface area contributed by atoms with Gasteiger partial charge in [-0.15, -0.1) is 0 Å². The van der Waals surface area contributed by atoms with E-state index in [4.69, 9.17) is 10.2 Å². The van der Waals surface area contributed by atoms with Crippen molar-refractivity contribution in [2.24, 2.45) is 0 Å². The number of rotatable bonds is 6. The molecule has 0 radical (unpaired) electrons. The maximum Gasteiger partial charge on any atom is 0.232 e. The van der Waals surface area contributed by atoms with Crippen molar-refractivity contribution in [2.75, 3.05) is 18.1 Å². The van der Waals surface area contributed by atoms with Crippen LogP contribution < -0.4 is 11.1 Å². The van der Waals surface area contributed by atoms with Gasteiger partial charge in [-0.25, -0.2) is 0 Å². The molecule has 0 saturated carbocycles. The number of nitrogen functional groups attached to an aromatic ring is 1. The van der Waals surface area contributed by atoms with E-state index in [2.05, 4.69) is 20.3 Å². The molecule has 7 heteroatoms. The second kappa shape index (κ2) is 7.10. The molecule has 0 fully saturated rings. The van der Waals surface area contributed by atoms with Gasteiger partial charge in [0, 0.05) is 5.69 Å². The Morgan fingerprint density at radius 1 is 1.08 bits per heavy atom. The number of benzene rings is 1. The Kier molecular flexibility index (Phi) is 4.72. The van der Waals surface area contributed by atoms with Crippen molar-refractivity contribution >= 4 is 17.6 Å². The van der Waals surface area contributed by atoms with Crippen LogP contribution in [0.4, 0.5) is 17.6 Å². The molecule has 0 unspecified atom stereocenters. The van der Waals surface area contributed by atoms with E-state index < -0.39 is 0 Å². The Morgan fingerprint density at radius 3 is 2.67 bits per heavy atom. The first-order chi connectivity index (χ1) is 11.6. The van der Waals surface area contributed by atoms with Gasteiger partial charge >= 0.3 is 0 Å². The molecule has 7 nitrogen and oxygen atoms in total. The van der Waals surface area contributed by atoms with Crippen LogP contribution in [0.2, 0.25) is 0 Å². The van der Waals surface area contributed by atoms with E-state index in [1.54, 1.807) is 6.26 Å². The summed E-state index contributed by atoms with van der Waals surface area (Å²) in [5, 5.41) is 3.19. The van der Waals surface area contributed by atoms with Crippen LogP contribution in [0.3, 0.4) is 0 Å². The highest BCUT2D eigenvalue weighted by Crippen LogP contribution is 2.18. The van der Waals surface area contributed by atoms with Gasteiger partial charge in [-0.2, -0.15) is 15.0 Å². The molecule has 1 aromatic carbocycles. The molecule has 24 heavy (non-hydrogen) atoms. The monoisotopic (exact) mass is 324 g/mol. The lowest BCUT2D eigenvalue weighted by Gasteiger charge is -2.15. The summed E-state index contributed by atoms with van der Waals surface area (Å²) < 4.78 is 5.35. The average molecular weight is 324 g/mol. The van der Waals surface area contributed by atoms with Crippen molar-refractivity contribution in [1.82, 2.24) is 19.9 Å². The minimum atomic E-state index is 0.197. The molecule has 0 amide bonds. The fourth-order valence-corrected chi connectivity index (χ4v) is 2.36. The summed E-state index contributed by atoms with van der Waals surface area (Å²) >= 11 is 0. The maximum atomic E-state index is 5.82. The lowest BCUT2D eigenvalue weighted by atomic mass is 10.2. The van der Waals surface area contributed by atoms with Crippen molar-refractivity contribution in [1.29, 1.82) is 0 Å².